The Hall–Kier alpha value is -1.94. The Kier molecular flexibility index (Phi) is 6.40. The molecule has 1 saturated heterocycles. The van der Waals surface area contributed by atoms with E-state index in [1.54, 1.807) is 0 Å². The highest BCUT2D eigenvalue weighted by molar-refractivity contribution is 5.16. The van der Waals surface area contributed by atoms with E-state index >= 15 is 0 Å². The Morgan fingerprint density at radius 2 is 1.72 bits per heavy atom. The van der Waals surface area contributed by atoms with Gasteiger partial charge in [0.2, 0.25) is 0 Å². The minimum atomic E-state index is -0.327. The van der Waals surface area contributed by atoms with Crippen molar-refractivity contribution in [2.24, 2.45) is 5.92 Å². The van der Waals surface area contributed by atoms with E-state index in [1.807, 2.05) is 30.3 Å². The lowest BCUT2D eigenvalue weighted by Crippen LogP contribution is -2.42. The predicted octanol–water partition coefficient (Wildman–Crippen LogP) is 3.64. The number of aliphatic hydroxyl groups excluding tert-OH is 1. The molecule has 3 heteroatoms. The maximum Gasteiger partial charge on any atom is 0.0717 e. The van der Waals surface area contributed by atoms with Gasteiger partial charge in [0, 0.05) is 25.0 Å². The summed E-state index contributed by atoms with van der Waals surface area (Å²) >= 11 is 0. The highest BCUT2D eigenvalue weighted by Crippen LogP contribution is 2.27. The van der Waals surface area contributed by atoms with Gasteiger partial charge in [0.1, 0.15) is 0 Å². The van der Waals surface area contributed by atoms with Crippen LogP contribution < -0.4 is 0 Å². The molecule has 2 aromatic rings. The molecule has 0 radical (unpaired) electrons. The molecule has 2 aromatic carbocycles. The molecule has 25 heavy (non-hydrogen) atoms. The first-order chi connectivity index (χ1) is 12.3. The van der Waals surface area contributed by atoms with Gasteiger partial charge in [-0.2, -0.15) is 0 Å². The smallest absolute Gasteiger partial charge is 0.0717 e. The molecule has 0 unspecified atom stereocenters. The molecule has 1 aliphatic rings. The number of hydrogen-bond donors (Lipinski definition) is 1. The van der Waals surface area contributed by atoms with E-state index in [9.17, 15) is 5.11 Å². The average Bonchev–Trinajstić information content (AvgIpc) is 3.01. The molecule has 1 aliphatic heterocycles. The summed E-state index contributed by atoms with van der Waals surface area (Å²) in [5.74, 6) is 0.116. The van der Waals surface area contributed by atoms with Crippen LogP contribution in [0.4, 0.5) is 0 Å². The standard InChI is InChI=1S/C22H27NO2/c1-2-20(17-25-16-19-11-7-4-8-12-19)22-21(24)13-14-23(22)15-18-9-5-3-6-10-18/h2-12,20-22,24H,1,13-17H2/t20-,21-,22-/m1/s1. The van der Waals surface area contributed by atoms with Crippen molar-refractivity contribution in [2.45, 2.75) is 31.7 Å². The van der Waals surface area contributed by atoms with E-state index in [-0.39, 0.29) is 18.1 Å². The topological polar surface area (TPSA) is 32.7 Å². The molecule has 0 aromatic heterocycles. The van der Waals surface area contributed by atoms with Crippen molar-refractivity contribution < 1.29 is 9.84 Å². The minimum Gasteiger partial charge on any atom is -0.391 e. The summed E-state index contributed by atoms with van der Waals surface area (Å²) in [6.45, 7) is 6.91. The minimum absolute atomic E-state index is 0.0634. The van der Waals surface area contributed by atoms with Crippen molar-refractivity contribution in [3.63, 3.8) is 0 Å². The summed E-state index contributed by atoms with van der Waals surface area (Å²) in [7, 11) is 0. The van der Waals surface area contributed by atoms with Crippen LogP contribution in [0.2, 0.25) is 0 Å². The summed E-state index contributed by atoms with van der Waals surface area (Å²) in [4.78, 5) is 2.36. The van der Waals surface area contributed by atoms with E-state index in [1.165, 1.54) is 11.1 Å². The number of hydrogen-bond acceptors (Lipinski definition) is 3. The third-order valence-electron chi connectivity index (χ3n) is 4.92. The van der Waals surface area contributed by atoms with Crippen LogP contribution in [0.5, 0.6) is 0 Å². The van der Waals surface area contributed by atoms with E-state index in [0.29, 0.717) is 13.2 Å². The first kappa shape index (κ1) is 17.9. The maximum absolute atomic E-state index is 10.5. The highest BCUT2D eigenvalue weighted by atomic mass is 16.5. The summed E-state index contributed by atoms with van der Waals surface area (Å²) < 4.78 is 5.92. The third kappa shape index (κ3) is 4.79. The van der Waals surface area contributed by atoms with Crippen LogP contribution >= 0.6 is 0 Å². The number of aliphatic hydroxyl groups is 1. The van der Waals surface area contributed by atoms with Gasteiger partial charge in [0.15, 0.2) is 0 Å². The van der Waals surface area contributed by atoms with Gasteiger partial charge in [-0.15, -0.1) is 6.58 Å². The van der Waals surface area contributed by atoms with Gasteiger partial charge in [-0.3, -0.25) is 4.90 Å². The largest absolute Gasteiger partial charge is 0.391 e. The van der Waals surface area contributed by atoms with Gasteiger partial charge >= 0.3 is 0 Å². The first-order valence-corrected chi connectivity index (χ1v) is 8.98. The summed E-state index contributed by atoms with van der Waals surface area (Å²) in [6, 6.07) is 20.7. The SMILES string of the molecule is C=C[C@H](COCc1ccccc1)[C@@H]1[C@H](O)CCN1Cc1ccccc1. The number of nitrogens with zero attached hydrogens (tertiary/aromatic N) is 1. The van der Waals surface area contributed by atoms with Crippen LogP contribution in [-0.4, -0.2) is 35.3 Å². The maximum atomic E-state index is 10.5. The number of likely N-dealkylation sites (tertiary alicyclic amines) is 1. The van der Waals surface area contributed by atoms with Gasteiger partial charge in [0.25, 0.3) is 0 Å². The number of benzene rings is 2. The Bertz CT molecular complexity index is 644. The van der Waals surface area contributed by atoms with Crippen molar-refractivity contribution in [3.8, 4) is 0 Å². The first-order valence-electron chi connectivity index (χ1n) is 8.98. The predicted molar refractivity (Wildman–Crippen MR) is 101 cm³/mol. The Balaban J connectivity index is 1.60. The third-order valence-corrected chi connectivity index (χ3v) is 4.92. The van der Waals surface area contributed by atoms with E-state index in [4.69, 9.17) is 4.74 Å². The normalized spacial score (nSPS) is 22.0. The van der Waals surface area contributed by atoms with Crippen LogP contribution in [0.25, 0.3) is 0 Å². The van der Waals surface area contributed by atoms with Crippen LogP contribution in [0.3, 0.4) is 0 Å². The second kappa shape index (κ2) is 8.95. The van der Waals surface area contributed by atoms with Crippen LogP contribution in [0.15, 0.2) is 73.3 Å². The Morgan fingerprint density at radius 3 is 2.36 bits per heavy atom. The van der Waals surface area contributed by atoms with E-state index in [2.05, 4.69) is 47.9 Å². The second-order valence-corrected chi connectivity index (χ2v) is 6.70. The molecule has 0 aliphatic carbocycles. The van der Waals surface area contributed by atoms with Gasteiger partial charge in [0.05, 0.1) is 19.3 Å². The molecular formula is C22H27NO2. The van der Waals surface area contributed by atoms with Crippen LogP contribution in [0, 0.1) is 5.92 Å². The fourth-order valence-corrected chi connectivity index (χ4v) is 3.61. The molecule has 132 valence electrons. The quantitative estimate of drug-likeness (QED) is 0.747. The lowest BCUT2D eigenvalue weighted by molar-refractivity contribution is 0.0316. The zero-order chi connectivity index (χ0) is 17.5. The fourth-order valence-electron chi connectivity index (χ4n) is 3.61. The van der Waals surface area contributed by atoms with Crippen LogP contribution in [0.1, 0.15) is 17.5 Å². The van der Waals surface area contributed by atoms with Gasteiger partial charge < -0.3 is 9.84 Å². The van der Waals surface area contributed by atoms with Gasteiger partial charge in [-0.1, -0.05) is 66.7 Å². The van der Waals surface area contributed by atoms with Crippen molar-refractivity contribution in [1.29, 1.82) is 0 Å². The van der Waals surface area contributed by atoms with Gasteiger partial charge in [-0.25, -0.2) is 0 Å². The lowest BCUT2D eigenvalue weighted by Gasteiger charge is -2.31. The summed E-state index contributed by atoms with van der Waals surface area (Å²) in [5.41, 5.74) is 2.44. The van der Waals surface area contributed by atoms with Gasteiger partial charge in [-0.05, 0) is 17.5 Å². The second-order valence-electron chi connectivity index (χ2n) is 6.70. The van der Waals surface area contributed by atoms with E-state index in [0.717, 1.165) is 19.5 Å². The zero-order valence-electron chi connectivity index (χ0n) is 14.6. The molecular weight excluding hydrogens is 310 g/mol. The zero-order valence-corrected chi connectivity index (χ0v) is 14.6. The highest BCUT2D eigenvalue weighted by Gasteiger charge is 2.37. The molecule has 0 bridgehead atoms. The summed E-state index contributed by atoms with van der Waals surface area (Å²) in [5, 5.41) is 10.5. The molecule has 0 saturated carbocycles. The average molecular weight is 337 g/mol. The molecule has 3 rings (SSSR count). The molecule has 3 nitrogen and oxygen atoms in total. The number of rotatable bonds is 8. The van der Waals surface area contributed by atoms with Crippen molar-refractivity contribution in [3.05, 3.63) is 84.4 Å². The van der Waals surface area contributed by atoms with Crippen molar-refractivity contribution in [1.82, 2.24) is 4.90 Å². The number of ether oxygens (including phenoxy) is 1. The molecule has 1 N–H and O–H groups in total. The molecule has 0 amide bonds. The fraction of sp³-hybridized carbons (Fsp3) is 0.364. The van der Waals surface area contributed by atoms with Crippen LogP contribution in [-0.2, 0) is 17.9 Å². The van der Waals surface area contributed by atoms with Crippen molar-refractivity contribution >= 4 is 0 Å². The molecule has 1 fully saturated rings. The molecule has 0 spiro atoms. The Morgan fingerprint density at radius 1 is 1.08 bits per heavy atom. The van der Waals surface area contributed by atoms with E-state index < -0.39 is 0 Å². The lowest BCUT2D eigenvalue weighted by atomic mass is 9.96. The molecule has 3 atom stereocenters. The van der Waals surface area contributed by atoms with Crippen molar-refractivity contribution in [2.75, 3.05) is 13.2 Å². The summed E-state index contributed by atoms with van der Waals surface area (Å²) in [6.07, 6.45) is 2.41. The Labute approximate surface area is 150 Å². The molecule has 1 heterocycles. The monoisotopic (exact) mass is 337 g/mol.